The number of carbonyl (C=O) groups is 2. The van der Waals surface area contributed by atoms with Gasteiger partial charge in [-0.25, -0.2) is 0 Å². The summed E-state index contributed by atoms with van der Waals surface area (Å²) < 4.78 is 4.67. The van der Waals surface area contributed by atoms with Gasteiger partial charge in [0.25, 0.3) is 0 Å². The van der Waals surface area contributed by atoms with Crippen LogP contribution in [0.3, 0.4) is 0 Å². The Balaban J connectivity index is 2.78. The van der Waals surface area contributed by atoms with Crippen LogP contribution in [-0.4, -0.2) is 25.0 Å². The third-order valence-corrected chi connectivity index (χ3v) is 3.05. The Bertz CT molecular complexity index is 434. The fourth-order valence-corrected chi connectivity index (χ4v) is 1.91. The lowest BCUT2D eigenvalue weighted by Gasteiger charge is -2.20. The summed E-state index contributed by atoms with van der Waals surface area (Å²) in [5.41, 5.74) is 6.65. The zero-order chi connectivity index (χ0) is 15.0. The van der Waals surface area contributed by atoms with E-state index >= 15 is 0 Å². The zero-order valence-corrected chi connectivity index (χ0v) is 12.0. The van der Waals surface area contributed by atoms with Crippen molar-refractivity contribution >= 4 is 11.9 Å². The number of hydrogen-bond donors (Lipinski definition) is 2. The number of rotatable bonds is 7. The summed E-state index contributed by atoms with van der Waals surface area (Å²) in [5.74, 6) is -0.618. The minimum absolute atomic E-state index is 0.0884. The lowest BCUT2D eigenvalue weighted by atomic mass is 10.0. The van der Waals surface area contributed by atoms with Crippen molar-refractivity contribution in [1.82, 2.24) is 5.32 Å². The van der Waals surface area contributed by atoms with Crippen molar-refractivity contribution in [2.45, 2.75) is 38.3 Å². The number of amides is 1. The van der Waals surface area contributed by atoms with E-state index in [0.717, 1.165) is 12.0 Å². The van der Waals surface area contributed by atoms with Crippen LogP contribution in [-0.2, 0) is 14.3 Å². The summed E-state index contributed by atoms with van der Waals surface area (Å²) in [4.78, 5) is 23.5. The van der Waals surface area contributed by atoms with E-state index in [2.05, 4.69) is 10.1 Å². The Labute approximate surface area is 119 Å². The molecule has 0 aromatic heterocycles. The molecule has 0 aliphatic carbocycles. The van der Waals surface area contributed by atoms with E-state index in [-0.39, 0.29) is 18.3 Å². The Hall–Kier alpha value is -1.88. The molecule has 0 radical (unpaired) electrons. The van der Waals surface area contributed by atoms with Crippen molar-refractivity contribution in [2.75, 3.05) is 7.11 Å². The molecule has 1 aromatic rings. The monoisotopic (exact) mass is 278 g/mol. The first-order chi connectivity index (χ1) is 9.58. The molecule has 0 spiro atoms. The average Bonchev–Trinajstić information content (AvgIpc) is 2.47. The summed E-state index contributed by atoms with van der Waals surface area (Å²) in [6, 6.07) is 8.35. The standard InChI is InChI=1S/C15H22N2O3/c1-3-7-12(16)15(19)17-13(10-14(18)20-2)11-8-5-4-6-9-11/h4-6,8-9,12-13H,3,7,10,16H2,1-2H3,(H,17,19). The highest BCUT2D eigenvalue weighted by molar-refractivity contribution is 5.82. The van der Waals surface area contributed by atoms with Crippen molar-refractivity contribution in [2.24, 2.45) is 5.73 Å². The van der Waals surface area contributed by atoms with E-state index in [9.17, 15) is 9.59 Å². The van der Waals surface area contributed by atoms with E-state index in [4.69, 9.17) is 5.73 Å². The van der Waals surface area contributed by atoms with Crippen LogP contribution in [0.1, 0.15) is 37.8 Å². The first-order valence-electron chi connectivity index (χ1n) is 6.76. The van der Waals surface area contributed by atoms with Crippen molar-refractivity contribution in [1.29, 1.82) is 0 Å². The molecule has 1 aromatic carbocycles. The first-order valence-corrected chi connectivity index (χ1v) is 6.76. The summed E-state index contributed by atoms with van der Waals surface area (Å²) in [5, 5.41) is 2.82. The molecule has 0 heterocycles. The molecule has 110 valence electrons. The summed E-state index contributed by atoms with van der Waals surface area (Å²) in [7, 11) is 1.33. The van der Waals surface area contributed by atoms with Crippen LogP contribution in [0.2, 0.25) is 0 Å². The third kappa shape index (κ3) is 5.01. The maximum atomic E-state index is 12.0. The summed E-state index contributed by atoms with van der Waals surface area (Å²) >= 11 is 0. The van der Waals surface area contributed by atoms with Crippen molar-refractivity contribution in [3.05, 3.63) is 35.9 Å². The van der Waals surface area contributed by atoms with Gasteiger partial charge < -0.3 is 15.8 Å². The van der Waals surface area contributed by atoms with Crippen LogP contribution >= 0.6 is 0 Å². The molecule has 2 unspecified atom stereocenters. The summed E-state index contributed by atoms with van der Waals surface area (Å²) in [6.45, 7) is 1.97. The molecule has 0 bridgehead atoms. The highest BCUT2D eigenvalue weighted by atomic mass is 16.5. The van der Waals surface area contributed by atoms with E-state index in [1.807, 2.05) is 37.3 Å². The third-order valence-electron chi connectivity index (χ3n) is 3.05. The minimum Gasteiger partial charge on any atom is -0.469 e. The molecule has 5 nitrogen and oxygen atoms in total. The largest absolute Gasteiger partial charge is 0.469 e. The molecule has 0 aliphatic rings. The lowest BCUT2D eigenvalue weighted by molar-refractivity contribution is -0.141. The molecular formula is C15H22N2O3. The van der Waals surface area contributed by atoms with Gasteiger partial charge in [0.2, 0.25) is 5.91 Å². The van der Waals surface area contributed by atoms with Crippen molar-refractivity contribution in [3.63, 3.8) is 0 Å². The minimum atomic E-state index is -0.552. The van der Waals surface area contributed by atoms with Crippen molar-refractivity contribution < 1.29 is 14.3 Å². The lowest BCUT2D eigenvalue weighted by Crippen LogP contribution is -2.42. The van der Waals surface area contributed by atoms with Gasteiger partial charge in [-0.3, -0.25) is 9.59 Å². The second-order valence-corrected chi connectivity index (χ2v) is 4.65. The number of nitrogens with one attached hydrogen (secondary N) is 1. The molecule has 0 fully saturated rings. The highest BCUT2D eigenvalue weighted by Crippen LogP contribution is 2.17. The number of methoxy groups -OCH3 is 1. The van der Waals surface area contributed by atoms with Gasteiger partial charge in [0.1, 0.15) is 0 Å². The Morgan fingerprint density at radius 2 is 1.95 bits per heavy atom. The van der Waals surface area contributed by atoms with Crippen LogP contribution in [0, 0.1) is 0 Å². The normalized spacial score (nSPS) is 13.3. The van der Waals surface area contributed by atoms with E-state index in [0.29, 0.717) is 6.42 Å². The van der Waals surface area contributed by atoms with Crippen LogP contribution in [0.25, 0.3) is 0 Å². The Kier molecular flexibility index (Phi) is 6.73. The van der Waals surface area contributed by atoms with E-state index < -0.39 is 12.1 Å². The zero-order valence-electron chi connectivity index (χ0n) is 12.0. The Morgan fingerprint density at radius 1 is 1.30 bits per heavy atom. The fourth-order valence-electron chi connectivity index (χ4n) is 1.91. The molecular weight excluding hydrogens is 256 g/mol. The molecule has 2 atom stereocenters. The van der Waals surface area contributed by atoms with E-state index in [1.165, 1.54) is 7.11 Å². The topological polar surface area (TPSA) is 81.4 Å². The number of ether oxygens (including phenoxy) is 1. The smallest absolute Gasteiger partial charge is 0.307 e. The quantitative estimate of drug-likeness (QED) is 0.741. The van der Waals surface area contributed by atoms with Gasteiger partial charge in [-0.1, -0.05) is 43.7 Å². The van der Waals surface area contributed by atoms with Gasteiger partial charge in [-0.2, -0.15) is 0 Å². The van der Waals surface area contributed by atoms with Gasteiger partial charge >= 0.3 is 5.97 Å². The maximum absolute atomic E-state index is 12.0. The van der Waals surface area contributed by atoms with Gasteiger partial charge in [-0.05, 0) is 12.0 Å². The Morgan fingerprint density at radius 3 is 2.50 bits per heavy atom. The first kappa shape index (κ1) is 16.2. The van der Waals surface area contributed by atoms with E-state index in [1.54, 1.807) is 0 Å². The maximum Gasteiger partial charge on any atom is 0.307 e. The van der Waals surface area contributed by atoms with Crippen LogP contribution in [0.15, 0.2) is 30.3 Å². The molecule has 0 saturated heterocycles. The number of esters is 1. The number of carbonyl (C=O) groups excluding carboxylic acids is 2. The van der Waals surface area contributed by atoms with Gasteiger partial charge in [0.15, 0.2) is 0 Å². The van der Waals surface area contributed by atoms with Crippen LogP contribution in [0.4, 0.5) is 0 Å². The molecule has 5 heteroatoms. The SMILES string of the molecule is CCCC(N)C(=O)NC(CC(=O)OC)c1ccccc1. The predicted octanol–water partition coefficient (Wildman–Crippen LogP) is 1.53. The molecule has 1 amide bonds. The summed E-state index contributed by atoms with van der Waals surface area (Å²) in [6.07, 6.45) is 1.54. The van der Waals surface area contributed by atoms with Crippen molar-refractivity contribution in [3.8, 4) is 0 Å². The number of benzene rings is 1. The average molecular weight is 278 g/mol. The second kappa shape index (κ2) is 8.32. The second-order valence-electron chi connectivity index (χ2n) is 4.65. The number of hydrogen-bond acceptors (Lipinski definition) is 4. The van der Waals surface area contributed by atoms with Gasteiger partial charge in [-0.15, -0.1) is 0 Å². The molecule has 1 rings (SSSR count). The number of nitrogens with two attached hydrogens (primary N) is 1. The van der Waals surface area contributed by atoms with Crippen LogP contribution in [0.5, 0.6) is 0 Å². The highest BCUT2D eigenvalue weighted by Gasteiger charge is 2.21. The molecule has 0 aliphatic heterocycles. The van der Waals surface area contributed by atoms with Crippen LogP contribution < -0.4 is 11.1 Å². The molecule has 0 saturated carbocycles. The molecule has 3 N–H and O–H groups in total. The van der Waals surface area contributed by atoms with Gasteiger partial charge in [0.05, 0.1) is 25.6 Å². The fraction of sp³-hybridized carbons (Fsp3) is 0.467. The predicted molar refractivity (Wildman–Crippen MR) is 76.8 cm³/mol. The molecule has 20 heavy (non-hydrogen) atoms. The van der Waals surface area contributed by atoms with Gasteiger partial charge in [0, 0.05) is 0 Å².